The molecule has 0 aliphatic carbocycles. The minimum atomic E-state index is 0.681. The van der Waals surface area contributed by atoms with Gasteiger partial charge in [-0.3, -0.25) is 5.84 Å². The topological polar surface area (TPSA) is 29.0 Å². The zero-order chi connectivity index (χ0) is 5.44. The molecule has 2 unspecified atom stereocenters. The summed E-state index contributed by atoms with van der Waals surface area (Å²) in [6, 6.07) is 0.681. The van der Waals surface area contributed by atoms with Gasteiger partial charge in [0.1, 0.15) is 0 Å². The summed E-state index contributed by atoms with van der Waals surface area (Å²) in [5.41, 5.74) is 0. The first-order valence-electron chi connectivity index (χ1n) is 2.73. The van der Waals surface area contributed by atoms with E-state index in [1.54, 1.807) is 0 Å². The van der Waals surface area contributed by atoms with Gasteiger partial charge in [-0.2, -0.15) is 0 Å². The van der Waals surface area contributed by atoms with Crippen molar-refractivity contribution in [1.29, 1.82) is 0 Å². The van der Waals surface area contributed by atoms with Crippen LogP contribution in [0, 0.1) is 5.92 Å². The van der Waals surface area contributed by atoms with E-state index in [0.717, 1.165) is 12.5 Å². The normalized spacial score (nSPS) is 39.4. The number of nitrogens with zero attached hydrogens (tertiary/aromatic N) is 1. The molecule has 2 heteroatoms. The molecule has 0 aromatic rings. The average molecular weight is 100 g/mol. The van der Waals surface area contributed by atoms with Crippen LogP contribution in [0.4, 0.5) is 0 Å². The smallest absolute Gasteiger partial charge is 0.0406 e. The first-order chi connectivity index (χ1) is 3.22. The third kappa shape index (κ3) is 0.924. The molecule has 42 valence electrons. The van der Waals surface area contributed by atoms with Crippen LogP contribution in [0.5, 0.6) is 0 Å². The van der Waals surface area contributed by atoms with E-state index in [1.165, 1.54) is 0 Å². The third-order valence-electron chi connectivity index (χ3n) is 1.46. The summed E-state index contributed by atoms with van der Waals surface area (Å²) in [7, 11) is 0. The Bertz CT molecular complexity index is 70.5. The molecule has 0 aromatic carbocycles. The maximum absolute atomic E-state index is 5.40. The molecule has 0 spiro atoms. The van der Waals surface area contributed by atoms with Crippen LogP contribution in [0.3, 0.4) is 0 Å². The predicted octanol–water partition coefficient (Wildman–Crippen LogP) is 0.200. The largest absolute Gasteiger partial charge is 0.268 e. The fourth-order valence-electron chi connectivity index (χ4n) is 0.763. The Morgan fingerprint density at radius 3 is 2.14 bits per heavy atom. The first-order valence-corrected chi connectivity index (χ1v) is 2.73. The van der Waals surface area contributed by atoms with Crippen molar-refractivity contribution in [2.24, 2.45) is 11.8 Å². The Hall–Kier alpha value is -0.0800. The van der Waals surface area contributed by atoms with Crippen molar-refractivity contribution >= 4 is 0 Å². The van der Waals surface area contributed by atoms with Crippen molar-refractivity contribution in [2.75, 3.05) is 6.54 Å². The van der Waals surface area contributed by atoms with Gasteiger partial charge < -0.3 is 0 Å². The van der Waals surface area contributed by atoms with Crippen molar-refractivity contribution in [1.82, 2.24) is 5.01 Å². The van der Waals surface area contributed by atoms with Gasteiger partial charge in [-0.15, -0.1) is 0 Å². The second-order valence-corrected chi connectivity index (χ2v) is 2.51. The summed E-state index contributed by atoms with van der Waals surface area (Å²) < 4.78 is 0. The van der Waals surface area contributed by atoms with E-state index < -0.39 is 0 Å². The highest BCUT2D eigenvalue weighted by molar-refractivity contribution is 4.86. The molecular weight excluding hydrogens is 88.1 g/mol. The highest BCUT2D eigenvalue weighted by atomic mass is 15.5. The number of hydrogen-bond acceptors (Lipinski definition) is 2. The van der Waals surface area contributed by atoms with Crippen molar-refractivity contribution in [2.45, 2.75) is 19.9 Å². The molecule has 0 amide bonds. The Balaban J connectivity index is 2.20. The van der Waals surface area contributed by atoms with Crippen molar-refractivity contribution in [3.63, 3.8) is 0 Å². The molecule has 1 aliphatic rings. The molecule has 1 rings (SSSR count). The standard InChI is InChI=1S/C5H12N2/c1-4(2)5-3-7(5)6/h4-5H,3,6H2,1-2H3. The maximum Gasteiger partial charge on any atom is 0.0406 e. The van der Waals surface area contributed by atoms with Gasteiger partial charge in [-0.05, 0) is 5.92 Å². The van der Waals surface area contributed by atoms with Crippen LogP contribution in [-0.2, 0) is 0 Å². The summed E-state index contributed by atoms with van der Waals surface area (Å²) >= 11 is 0. The molecule has 2 N–H and O–H groups in total. The van der Waals surface area contributed by atoms with Gasteiger partial charge in [-0.25, -0.2) is 5.01 Å². The molecule has 1 heterocycles. The third-order valence-corrected chi connectivity index (χ3v) is 1.46. The monoisotopic (exact) mass is 100 g/mol. The lowest BCUT2D eigenvalue weighted by molar-refractivity contribution is 0.463. The fraction of sp³-hybridized carbons (Fsp3) is 1.00. The van der Waals surface area contributed by atoms with Crippen molar-refractivity contribution in [3.8, 4) is 0 Å². The molecule has 0 saturated carbocycles. The molecule has 7 heavy (non-hydrogen) atoms. The zero-order valence-electron chi connectivity index (χ0n) is 4.89. The zero-order valence-corrected chi connectivity index (χ0v) is 4.89. The highest BCUT2D eigenvalue weighted by Gasteiger charge is 2.33. The van der Waals surface area contributed by atoms with Crippen LogP contribution in [0.2, 0.25) is 0 Å². The summed E-state index contributed by atoms with van der Waals surface area (Å²) in [5, 5.41) is 1.87. The Morgan fingerprint density at radius 1 is 1.71 bits per heavy atom. The van der Waals surface area contributed by atoms with E-state index in [4.69, 9.17) is 5.84 Å². The molecule has 0 bridgehead atoms. The molecule has 1 aliphatic heterocycles. The van der Waals surface area contributed by atoms with E-state index >= 15 is 0 Å². The first kappa shape index (κ1) is 5.06. The highest BCUT2D eigenvalue weighted by Crippen LogP contribution is 2.19. The van der Waals surface area contributed by atoms with Gasteiger partial charge in [0.15, 0.2) is 0 Å². The number of rotatable bonds is 1. The van der Waals surface area contributed by atoms with Gasteiger partial charge in [0, 0.05) is 12.6 Å². The second-order valence-electron chi connectivity index (χ2n) is 2.51. The van der Waals surface area contributed by atoms with Gasteiger partial charge in [0.25, 0.3) is 0 Å². The molecule has 0 radical (unpaired) electrons. The number of hydrogen-bond donors (Lipinski definition) is 1. The molecule has 0 aromatic heterocycles. The lowest BCUT2D eigenvalue weighted by Gasteiger charge is -1.97. The van der Waals surface area contributed by atoms with Crippen LogP contribution in [-0.4, -0.2) is 17.6 Å². The predicted molar refractivity (Wildman–Crippen MR) is 29.5 cm³/mol. The Morgan fingerprint density at radius 2 is 2.14 bits per heavy atom. The Labute approximate surface area is 44.3 Å². The van der Waals surface area contributed by atoms with Crippen LogP contribution in [0.25, 0.3) is 0 Å². The van der Waals surface area contributed by atoms with Gasteiger partial charge in [-0.1, -0.05) is 13.8 Å². The van der Waals surface area contributed by atoms with E-state index in [-0.39, 0.29) is 0 Å². The summed E-state index contributed by atoms with van der Waals surface area (Å²) in [6.45, 7) is 5.48. The van der Waals surface area contributed by atoms with E-state index in [9.17, 15) is 0 Å². The molecule has 1 fully saturated rings. The average Bonchev–Trinajstić information content (AvgIpc) is 2.17. The van der Waals surface area contributed by atoms with E-state index in [2.05, 4.69) is 13.8 Å². The number of nitrogens with two attached hydrogens (primary N) is 1. The maximum atomic E-state index is 5.40. The molecule has 2 atom stereocenters. The summed E-state index contributed by atoms with van der Waals surface area (Å²) in [4.78, 5) is 0. The SMILES string of the molecule is CC(C)C1CN1N. The summed E-state index contributed by atoms with van der Waals surface area (Å²) in [5.74, 6) is 6.14. The van der Waals surface area contributed by atoms with Crippen LogP contribution < -0.4 is 5.84 Å². The van der Waals surface area contributed by atoms with E-state index in [0.29, 0.717) is 6.04 Å². The second kappa shape index (κ2) is 1.46. The summed E-state index contributed by atoms with van der Waals surface area (Å²) in [6.07, 6.45) is 0. The minimum absolute atomic E-state index is 0.681. The quantitative estimate of drug-likeness (QED) is 0.377. The molecular formula is C5H12N2. The van der Waals surface area contributed by atoms with Gasteiger partial charge >= 0.3 is 0 Å². The fourth-order valence-corrected chi connectivity index (χ4v) is 0.763. The lowest BCUT2D eigenvalue weighted by Crippen LogP contribution is -2.13. The molecule has 1 saturated heterocycles. The lowest BCUT2D eigenvalue weighted by atomic mass is 10.1. The number of hydrazine groups is 1. The molecule has 2 nitrogen and oxygen atoms in total. The van der Waals surface area contributed by atoms with Crippen LogP contribution in [0.1, 0.15) is 13.8 Å². The van der Waals surface area contributed by atoms with Crippen molar-refractivity contribution < 1.29 is 0 Å². The minimum Gasteiger partial charge on any atom is -0.268 e. The van der Waals surface area contributed by atoms with E-state index in [1.807, 2.05) is 5.01 Å². The van der Waals surface area contributed by atoms with Crippen LogP contribution >= 0.6 is 0 Å². The Kier molecular flexibility index (Phi) is 1.05. The van der Waals surface area contributed by atoms with Gasteiger partial charge in [0.05, 0.1) is 0 Å². The van der Waals surface area contributed by atoms with Crippen LogP contribution in [0.15, 0.2) is 0 Å². The van der Waals surface area contributed by atoms with Gasteiger partial charge in [0.2, 0.25) is 0 Å². The van der Waals surface area contributed by atoms with Crippen molar-refractivity contribution in [3.05, 3.63) is 0 Å².